The molecular weight excluding hydrogens is 288 g/mol. The van der Waals surface area contributed by atoms with Crippen LogP contribution in [0.25, 0.3) is 0 Å². The van der Waals surface area contributed by atoms with E-state index in [2.05, 4.69) is 5.32 Å². The predicted molar refractivity (Wildman–Crippen MR) is 93.4 cm³/mol. The molecule has 0 heterocycles. The number of hydrogen-bond acceptors (Lipinski definition) is 3. The maximum absolute atomic E-state index is 12.6. The van der Waals surface area contributed by atoms with E-state index >= 15 is 0 Å². The SMILES string of the molecule is CCN(CC)C(=O)c1ccccc1NCc1ccc(CO)cc1. The zero-order valence-corrected chi connectivity index (χ0v) is 13.7. The van der Waals surface area contributed by atoms with E-state index in [4.69, 9.17) is 5.11 Å². The summed E-state index contributed by atoms with van der Waals surface area (Å²) in [5.74, 6) is 0.0497. The molecule has 4 nitrogen and oxygen atoms in total. The van der Waals surface area contributed by atoms with Crippen molar-refractivity contribution in [3.63, 3.8) is 0 Å². The van der Waals surface area contributed by atoms with Crippen LogP contribution in [0.3, 0.4) is 0 Å². The standard InChI is InChI=1S/C19H24N2O2/c1-3-21(4-2)19(23)17-7-5-6-8-18(17)20-13-15-9-11-16(14-22)12-10-15/h5-12,20,22H,3-4,13-14H2,1-2H3. The molecule has 0 saturated carbocycles. The van der Waals surface area contributed by atoms with Crippen LogP contribution < -0.4 is 5.32 Å². The van der Waals surface area contributed by atoms with Crippen LogP contribution in [0.2, 0.25) is 0 Å². The smallest absolute Gasteiger partial charge is 0.255 e. The summed E-state index contributed by atoms with van der Waals surface area (Å²) in [6.07, 6.45) is 0. The molecule has 0 bridgehead atoms. The van der Waals surface area contributed by atoms with Crippen molar-refractivity contribution >= 4 is 11.6 Å². The van der Waals surface area contributed by atoms with Crippen molar-refractivity contribution in [3.8, 4) is 0 Å². The van der Waals surface area contributed by atoms with Crippen molar-refractivity contribution in [3.05, 3.63) is 65.2 Å². The predicted octanol–water partition coefficient (Wildman–Crippen LogP) is 3.27. The van der Waals surface area contributed by atoms with Gasteiger partial charge < -0.3 is 15.3 Å². The van der Waals surface area contributed by atoms with E-state index in [-0.39, 0.29) is 12.5 Å². The Morgan fingerprint density at radius 2 is 1.61 bits per heavy atom. The van der Waals surface area contributed by atoms with Crippen molar-refractivity contribution in [2.24, 2.45) is 0 Å². The number of carbonyl (C=O) groups is 1. The van der Waals surface area contributed by atoms with E-state index in [0.29, 0.717) is 25.2 Å². The monoisotopic (exact) mass is 312 g/mol. The molecule has 0 aliphatic carbocycles. The lowest BCUT2D eigenvalue weighted by molar-refractivity contribution is 0.0774. The van der Waals surface area contributed by atoms with Gasteiger partial charge in [0.05, 0.1) is 12.2 Å². The Morgan fingerprint density at radius 1 is 1.00 bits per heavy atom. The molecular formula is C19H24N2O2. The van der Waals surface area contributed by atoms with Crippen LogP contribution in [-0.2, 0) is 13.2 Å². The molecule has 2 N–H and O–H groups in total. The van der Waals surface area contributed by atoms with Crippen molar-refractivity contribution in [2.45, 2.75) is 27.0 Å². The van der Waals surface area contributed by atoms with Gasteiger partial charge in [-0.2, -0.15) is 0 Å². The van der Waals surface area contributed by atoms with Gasteiger partial charge in [0.2, 0.25) is 0 Å². The van der Waals surface area contributed by atoms with Gasteiger partial charge in [0.15, 0.2) is 0 Å². The summed E-state index contributed by atoms with van der Waals surface area (Å²) in [5, 5.41) is 12.4. The third-order valence-electron chi connectivity index (χ3n) is 3.90. The summed E-state index contributed by atoms with van der Waals surface area (Å²) >= 11 is 0. The van der Waals surface area contributed by atoms with Gasteiger partial charge in [-0.05, 0) is 37.1 Å². The number of rotatable bonds is 7. The Labute approximate surface area is 137 Å². The highest BCUT2D eigenvalue weighted by atomic mass is 16.3. The fourth-order valence-electron chi connectivity index (χ4n) is 2.46. The van der Waals surface area contributed by atoms with Crippen LogP contribution in [0.1, 0.15) is 35.3 Å². The third kappa shape index (κ3) is 4.33. The number of hydrogen-bond donors (Lipinski definition) is 2. The highest BCUT2D eigenvalue weighted by molar-refractivity contribution is 5.99. The van der Waals surface area contributed by atoms with E-state index in [1.165, 1.54) is 0 Å². The third-order valence-corrected chi connectivity index (χ3v) is 3.90. The van der Waals surface area contributed by atoms with E-state index in [9.17, 15) is 4.79 Å². The van der Waals surface area contributed by atoms with Gasteiger partial charge >= 0.3 is 0 Å². The number of para-hydroxylation sites is 1. The maximum atomic E-state index is 12.6. The first kappa shape index (κ1) is 17.0. The lowest BCUT2D eigenvalue weighted by Gasteiger charge is -2.20. The van der Waals surface area contributed by atoms with Crippen LogP contribution in [0, 0.1) is 0 Å². The Balaban J connectivity index is 2.12. The quantitative estimate of drug-likeness (QED) is 0.825. The lowest BCUT2D eigenvalue weighted by atomic mass is 10.1. The van der Waals surface area contributed by atoms with Crippen molar-refractivity contribution in [1.82, 2.24) is 4.90 Å². The van der Waals surface area contributed by atoms with E-state index in [0.717, 1.165) is 16.8 Å². The summed E-state index contributed by atoms with van der Waals surface area (Å²) in [7, 11) is 0. The van der Waals surface area contributed by atoms with Gasteiger partial charge in [-0.15, -0.1) is 0 Å². The van der Waals surface area contributed by atoms with Crippen LogP contribution in [0.5, 0.6) is 0 Å². The molecule has 0 atom stereocenters. The van der Waals surface area contributed by atoms with Crippen LogP contribution in [0.15, 0.2) is 48.5 Å². The highest BCUT2D eigenvalue weighted by Crippen LogP contribution is 2.18. The molecule has 0 spiro atoms. The second-order valence-electron chi connectivity index (χ2n) is 5.35. The van der Waals surface area contributed by atoms with Gasteiger partial charge in [-0.3, -0.25) is 4.79 Å². The van der Waals surface area contributed by atoms with E-state index < -0.39 is 0 Å². The Kier molecular flexibility index (Phi) is 6.18. The average molecular weight is 312 g/mol. The normalized spacial score (nSPS) is 10.4. The highest BCUT2D eigenvalue weighted by Gasteiger charge is 2.15. The molecule has 0 radical (unpaired) electrons. The molecule has 2 aromatic carbocycles. The molecule has 2 aromatic rings. The number of amides is 1. The first-order valence-electron chi connectivity index (χ1n) is 8.00. The van der Waals surface area contributed by atoms with Gasteiger partial charge in [-0.25, -0.2) is 0 Å². The molecule has 0 aromatic heterocycles. The minimum Gasteiger partial charge on any atom is -0.392 e. The van der Waals surface area contributed by atoms with Crippen molar-refractivity contribution < 1.29 is 9.90 Å². The van der Waals surface area contributed by atoms with Gasteiger partial charge in [-0.1, -0.05) is 36.4 Å². The van der Waals surface area contributed by atoms with E-state index in [1.807, 2.05) is 67.3 Å². The van der Waals surface area contributed by atoms with Gasteiger partial charge in [0.1, 0.15) is 0 Å². The summed E-state index contributed by atoms with van der Waals surface area (Å²) in [6, 6.07) is 15.4. The fraction of sp³-hybridized carbons (Fsp3) is 0.316. The number of benzene rings is 2. The molecule has 23 heavy (non-hydrogen) atoms. The Bertz CT molecular complexity index is 634. The van der Waals surface area contributed by atoms with Crippen LogP contribution in [0.4, 0.5) is 5.69 Å². The average Bonchev–Trinajstić information content (AvgIpc) is 2.61. The second kappa shape index (κ2) is 8.34. The minimum absolute atomic E-state index is 0.0497. The van der Waals surface area contributed by atoms with Gasteiger partial charge in [0.25, 0.3) is 5.91 Å². The molecule has 0 aliphatic rings. The number of nitrogens with zero attached hydrogens (tertiary/aromatic N) is 1. The largest absolute Gasteiger partial charge is 0.392 e. The number of aliphatic hydroxyl groups excluding tert-OH is 1. The summed E-state index contributed by atoms with van der Waals surface area (Å²) in [6.45, 7) is 6.06. The van der Waals surface area contributed by atoms with Crippen molar-refractivity contribution in [2.75, 3.05) is 18.4 Å². The first-order chi connectivity index (χ1) is 11.2. The molecule has 0 unspecified atom stereocenters. The summed E-state index contributed by atoms with van der Waals surface area (Å²) in [4.78, 5) is 14.4. The topological polar surface area (TPSA) is 52.6 Å². The molecule has 0 fully saturated rings. The number of carbonyl (C=O) groups excluding carboxylic acids is 1. The number of aliphatic hydroxyl groups is 1. The maximum Gasteiger partial charge on any atom is 0.255 e. The summed E-state index contributed by atoms with van der Waals surface area (Å²) in [5.41, 5.74) is 3.54. The molecule has 4 heteroatoms. The molecule has 0 aliphatic heterocycles. The van der Waals surface area contributed by atoms with Crippen LogP contribution >= 0.6 is 0 Å². The minimum atomic E-state index is 0.0497. The number of anilines is 1. The molecule has 122 valence electrons. The molecule has 1 amide bonds. The van der Waals surface area contributed by atoms with Gasteiger partial charge in [0, 0.05) is 25.3 Å². The molecule has 0 saturated heterocycles. The Hall–Kier alpha value is -2.33. The molecule has 2 rings (SSSR count). The second-order valence-corrected chi connectivity index (χ2v) is 5.35. The van der Waals surface area contributed by atoms with Crippen molar-refractivity contribution in [1.29, 1.82) is 0 Å². The van der Waals surface area contributed by atoms with Crippen LogP contribution in [-0.4, -0.2) is 29.0 Å². The zero-order chi connectivity index (χ0) is 16.7. The fourth-order valence-corrected chi connectivity index (χ4v) is 2.46. The zero-order valence-electron chi connectivity index (χ0n) is 13.7. The summed E-state index contributed by atoms with van der Waals surface area (Å²) < 4.78 is 0. The van der Waals surface area contributed by atoms with E-state index in [1.54, 1.807) is 0 Å². The lowest BCUT2D eigenvalue weighted by Crippen LogP contribution is -2.31. The Morgan fingerprint density at radius 3 is 2.22 bits per heavy atom. The first-order valence-corrected chi connectivity index (χ1v) is 8.00. The number of nitrogens with one attached hydrogen (secondary N) is 1.